The Morgan fingerprint density at radius 1 is 1.09 bits per heavy atom. The Kier molecular flexibility index (Phi) is 7.14. The van der Waals surface area contributed by atoms with E-state index in [1.165, 1.54) is 11.5 Å². The number of anilines is 1. The van der Waals surface area contributed by atoms with Gasteiger partial charge in [-0.25, -0.2) is 4.79 Å². The molecule has 186 valence electrons. The molecule has 14 heteroatoms. The lowest BCUT2D eigenvalue weighted by Gasteiger charge is -2.25. The second-order valence-electron chi connectivity index (χ2n) is 6.97. The van der Waals surface area contributed by atoms with E-state index in [0.717, 1.165) is 30.9 Å². The molecule has 0 spiro atoms. The number of rotatable bonds is 7. The molecule has 1 heterocycles. The van der Waals surface area contributed by atoms with Gasteiger partial charge >= 0.3 is 27.5 Å². The van der Waals surface area contributed by atoms with Crippen LogP contribution in [0, 0.1) is 0 Å². The summed E-state index contributed by atoms with van der Waals surface area (Å²) in [6.45, 7) is 1.18. The second kappa shape index (κ2) is 9.74. The molecule has 10 nitrogen and oxygen atoms in total. The number of carbonyl (C=O) groups is 2. The van der Waals surface area contributed by atoms with E-state index in [1.54, 1.807) is 31.3 Å². The third-order valence-corrected chi connectivity index (χ3v) is 6.20. The number of methoxy groups -OCH3 is 1. The summed E-state index contributed by atoms with van der Waals surface area (Å²) in [5.41, 5.74) is -6.55. The molecule has 3 rings (SSSR count). The van der Waals surface area contributed by atoms with Crippen LogP contribution in [0.5, 0.6) is 11.8 Å². The van der Waals surface area contributed by atoms with Crippen molar-refractivity contribution in [3.05, 3.63) is 54.1 Å². The van der Waals surface area contributed by atoms with Gasteiger partial charge in [-0.2, -0.15) is 25.9 Å². The van der Waals surface area contributed by atoms with Gasteiger partial charge in [0.15, 0.2) is 5.82 Å². The number of esters is 1. The molecule has 0 aliphatic rings. The van der Waals surface area contributed by atoms with Crippen LogP contribution in [-0.2, 0) is 26.6 Å². The van der Waals surface area contributed by atoms with E-state index in [-0.39, 0.29) is 11.8 Å². The minimum Gasteiger partial charge on any atom is -0.465 e. The highest BCUT2D eigenvalue weighted by molar-refractivity contribution is 7.94. The number of halogens is 3. The van der Waals surface area contributed by atoms with Crippen molar-refractivity contribution >= 4 is 27.6 Å². The summed E-state index contributed by atoms with van der Waals surface area (Å²) in [5.74, 6) is -2.25. The van der Waals surface area contributed by atoms with E-state index >= 15 is 0 Å². The van der Waals surface area contributed by atoms with Crippen molar-refractivity contribution in [3.63, 3.8) is 0 Å². The van der Waals surface area contributed by atoms with Crippen molar-refractivity contribution in [3.8, 4) is 23.1 Å². The van der Waals surface area contributed by atoms with E-state index in [4.69, 9.17) is 4.74 Å². The predicted octanol–water partition coefficient (Wildman–Crippen LogP) is 3.65. The van der Waals surface area contributed by atoms with Gasteiger partial charge in [0.2, 0.25) is 5.91 Å². The molecule has 35 heavy (non-hydrogen) atoms. The van der Waals surface area contributed by atoms with Gasteiger partial charge in [-0.15, -0.1) is 5.10 Å². The molecule has 2 aromatic carbocycles. The zero-order valence-electron chi connectivity index (χ0n) is 18.6. The zero-order chi connectivity index (χ0) is 26.0. The molecule has 0 N–H and O–H groups in total. The van der Waals surface area contributed by atoms with Crippen molar-refractivity contribution in [1.82, 2.24) is 14.8 Å². The monoisotopic (exact) mass is 512 g/mol. The highest BCUT2D eigenvalue weighted by Gasteiger charge is 2.53. The van der Waals surface area contributed by atoms with Crippen LogP contribution in [0.15, 0.2) is 48.5 Å². The minimum absolute atomic E-state index is 0.0307. The highest BCUT2D eigenvalue weighted by Crippen LogP contribution is 2.36. The summed E-state index contributed by atoms with van der Waals surface area (Å²) in [4.78, 5) is 24.6. The van der Waals surface area contributed by atoms with Crippen LogP contribution in [0.1, 0.15) is 23.7 Å². The Bertz CT molecular complexity index is 1360. The van der Waals surface area contributed by atoms with Crippen LogP contribution in [-0.4, -0.2) is 47.7 Å². The van der Waals surface area contributed by atoms with Crippen molar-refractivity contribution in [2.75, 3.05) is 11.4 Å². The van der Waals surface area contributed by atoms with Crippen molar-refractivity contribution in [2.45, 2.75) is 18.9 Å². The van der Waals surface area contributed by atoms with E-state index in [0.29, 0.717) is 5.82 Å². The first-order valence-electron chi connectivity index (χ1n) is 9.91. The molecule has 0 saturated heterocycles. The largest absolute Gasteiger partial charge is 0.517 e. The van der Waals surface area contributed by atoms with Gasteiger partial charge in [0.05, 0.1) is 18.4 Å². The van der Waals surface area contributed by atoms with Crippen LogP contribution < -0.4 is 9.04 Å². The summed E-state index contributed by atoms with van der Waals surface area (Å²) < 4.78 is 75.4. The van der Waals surface area contributed by atoms with Crippen LogP contribution in [0.4, 0.5) is 18.9 Å². The van der Waals surface area contributed by atoms with Gasteiger partial charge in [0.25, 0.3) is 0 Å². The Morgan fingerprint density at radius 2 is 1.74 bits per heavy atom. The van der Waals surface area contributed by atoms with Crippen LogP contribution >= 0.6 is 0 Å². The molecular formula is C21H19F3N4O6S. The van der Waals surface area contributed by atoms with Crippen LogP contribution in [0.3, 0.4) is 0 Å². The fourth-order valence-electron chi connectivity index (χ4n) is 3.02. The minimum atomic E-state index is -6.16. The number of sulfonamides is 1. The molecule has 1 aromatic heterocycles. The maximum absolute atomic E-state index is 13.3. The maximum Gasteiger partial charge on any atom is 0.517 e. The summed E-state index contributed by atoms with van der Waals surface area (Å²) in [7, 11) is -3.62. The summed E-state index contributed by atoms with van der Waals surface area (Å²) in [6.07, 6.45) is -0.588. The molecule has 0 unspecified atom stereocenters. The Hall–Kier alpha value is -3.94. The summed E-state index contributed by atoms with van der Waals surface area (Å²) in [5, 5.41) is 7.95. The number of hydrogen-bond acceptors (Lipinski definition) is 8. The molecule has 0 bridgehead atoms. The number of nitrogens with zero attached hydrogens (tertiary/aromatic N) is 4. The van der Waals surface area contributed by atoms with Crippen molar-refractivity contribution in [2.24, 2.45) is 7.05 Å². The number of amides is 1. The lowest BCUT2D eigenvalue weighted by atomic mass is 10.1. The SMILES string of the molecule is CCC(=O)N(c1ccc(Oc2nnc(-c3ccccc3)n2C)cc1C(=O)OC)S(=O)(=O)C(F)(F)F. The number of aromatic nitrogens is 3. The average molecular weight is 512 g/mol. The van der Waals surface area contributed by atoms with E-state index in [1.807, 2.05) is 6.07 Å². The number of alkyl halides is 3. The van der Waals surface area contributed by atoms with Crippen molar-refractivity contribution in [1.29, 1.82) is 0 Å². The standard InChI is InChI=1S/C21H19F3N4O6S/c1-4-17(29)28(35(31,32)21(22,23)24)16-11-10-14(12-15(16)19(30)33-3)34-20-26-25-18(27(20)2)13-8-6-5-7-9-13/h5-12H,4H2,1-3H3. The number of carbonyl (C=O) groups excluding carboxylic acids is 2. The fraction of sp³-hybridized carbons (Fsp3) is 0.238. The Morgan fingerprint density at radius 3 is 2.31 bits per heavy atom. The molecule has 0 saturated carbocycles. The molecule has 0 aliphatic heterocycles. The zero-order valence-corrected chi connectivity index (χ0v) is 19.4. The van der Waals surface area contributed by atoms with E-state index in [2.05, 4.69) is 14.9 Å². The first kappa shape index (κ1) is 25.7. The number of hydrogen-bond donors (Lipinski definition) is 0. The fourth-order valence-corrected chi connectivity index (χ4v) is 4.04. The lowest BCUT2D eigenvalue weighted by Crippen LogP contribution is -2.45. The van der Waals surface area contributed by atoms with Crippen LogP contribution in [0.25, 0.3) is 11.4 Å². The molecule has 0 fully saturated rings. The van der Waals surface area contributed by atoms with E-state index < -0.39 is 49.4 Å². The van der Waals surface area contributed by atoms with Gasteiger partial charge in [-0.3, -0.25) is 9.36 Å². The second-order valence-corrected chi connectivity index (χ2v) is 8.74. The Balaban J connectivity index is 2.08. The first-order chi connectivity index (χ1) is 16.4. The number of ether oxygens (including phenoxy) is 2. The van der Waals surface area contributed by atoms with E-state index in [9.17, 15) is 31.2 Å². The maximum atomic E-state index is 13.3. The first-order valence-corrected chi connectivity index (χ1v) is 11.4. The third kappa shape index (κ3) is 4.96. The molecule has 0 radical (unpaired) electrons. The molecule has 0 atom stereocenters. The summed E-state index contributed by atoms with van der Waals surface area (Å²) >= 11 is 0. The molecular weight excluding hydrogens is 493 g/mol. The van der Waals surface area contributed by atoms with Gasteiger partial charge in [-0.1, -0.05) is 42.4 Å². The molecule has 0 aliphatic carbocycles. The van der Waals surface area contributed by atoms with Gasteiger partial charge in [0, 0.05) is 19.0 Å². The van der Waals surface area contributed by atoms with Gasteiger partial charge < -0.3 is 9.47 Å². The highest BCUT2D eigenvalue weighted by atomic mass is 32.2. The Labute approximate surface area is 197 Å². The molecule has 1 amide bonds. The predicted molar refractivity (Wildman–Crippen MR) is 117 cm³/mol. The van der Waals surface area contributed by atoms with Gasteiger partial charge in [-0.05, 0) is 18.2 Å². The van der Waals surface area contributed by atoms with Gasteiger partial charge in [0.1, 0.15) is 5.75 Å². The average Bonchev–Trinajstić information content (AvgIpc) is 3.18. The topological polar surface area (TPSA) is 121 Å². The van der Waals surface area contributed by atoms with Crippen molar-refractivity contribution < 1.29 is 40.7 Å². The normalized spacial score (nSPS) is 11.7. The van der Waals surface area contributed by atoms with Crippen LogP contribution in [0.2, 0.25) is 0 Å². The molecule has 3 aromatic rings. The third-order valence-electron chi connectivity index (χ3n) is 4.73. The number of benzene rings is 2. The quantitative estimate of drug-likeness (QED) is 0.440. The smallest absolute Gasteiger partial charge is 0.465 e. The lowest BCUT2D eigenvalue weighted by molar-refractivity contribution is -0.117. The summed E-state index contributed by atoms with van der Waals surface area (Å²) in [6, 6.07) is 11.8.